The van der Waals surface area contributed by atoms with E-state index in [-0.39, 0.29) is 33.2 Å². The lowest BCUT2D eigenvalue weighted by Crippen LogP contribution is -2.40. The Balaban J connectivity index is 2.00. The number of rotatable bonds is 9. The highest BCUT2D eigenvalue weighted by atomic mass is 32.1. The summed E-state index contributed by atoms with van der Waals surface area (Å²) < 4.78 is 17.8. The van der Waals surface area contributed by atoms with Crippen molar-refractivity contribution < 1.29 is 34.0 Å². The average molecular weight is 599 g/mol. The summed E-state index contributed by atoms with van der Waals surface area (Å²) in [6.07, 6.45) is 0.959. The number of nitro groups is 2. The number of nitrogens with zero attached hydrogens (tertiary/aromatic N) is 4. The number of allylic oxidation sites excluding steroid dienone is 1. The summed E-state index contributed by atoms with van der Waals surface area (Å²) >= 11 is 0.880. The average Bonchev–Trinajstić information content (AvgIpc) is 3.22. The summed E-state index contributed by atoms with van der Waals surface area (Å²) in [4.78, 5) is 52.6. The lowest BCUT2D eigenvalue weighted by atomic mass is 9.95. The maximum Gasteiger partial charge on any atom is 0.338 e. The Kier molecular flexibility index (Phi) is 8.42. The van der Waals surface area contributed by atoms with Gasteiger partial charge in [-0.1, -0.05) is 17.4 Å². The summed E-state index contributed by atoms with van der Waals surface area (Å²) in [5.41, 5.74) is -1.64. The Hall–Kier alpha value is -5.05. The molecule has 2 heterocycles. The first-order chi connectivity index (χ1) is 19.9. The van der Waals surface area contributed by atoms with Crippen LogP contribution in [0.2, 0.25) is 0 Å². The maximum atomic E-state index is 13.9. The molecular weight excluding hydrogens is 572 g/mol. The number of carbonyl (C=O) groups is 1. The van der Waals surface area contributed by atoms with Crippen molar-refractivity contribution in [2.75, 3.05) is 13.7 Å². The van der Waals surface area contributed by atoms with Crippen molar-refractivity contribution in [1.82, 2.24) is 4.57 Å². The topological polar surface area (TPSA) is 186 Å². The van der Waals surface area contributed by atoms with Crippen molar-refractivity contribution in [2.24, 2.45) is 4.99 Å². The Morgan fingerprint density at radius 1 is 1.19 bits per heavy atom. The van der Waals surface area contributed by atoms with Crippen molar-refractivity contribution in [3.63, 3.8) is 0 Å². The fraction of sp³-hybridized carbons (Fsp3) is 0.296. The van der Waals surface area contributed by atoms with Gasteiger partial charge in [-0.15, -0.1) is 0 Å². The molecule has 0 saturated carbocycles. The van der Waals surface area contributed by atoms with Gasteiger partial charge in [0.25, 0.3) is 11.2 Å². The minimum Gasteiger partial charge on any atom is -0.502 e. The van der Waals surface area contributed by atoms with Crippen molar-refractivity contribution in [2.45, 2.75) is 39.8 Å². The first-order valence-electron chi connectivity index (χ1n) is 12.6. The molecule has 1 N–H and O–H groups in total. The summed E-state index contributed by atoms with van der Waals surface area (Å²) in [5, 5.41) is 33.3. The van der Waals surface area contributed by atoms with E-state index < -0.39 is 44.5 Å². The predicted molar refractivity (Wildman–Crippen MR) is 151 cm³/mol. The van der Waals surface area contributed by atoms with Crippen LogP contribution in [0.1, 0.15) is 44.9 Å². The van der Waals surface area contributed by atoms with Crippen LogP contribution in [0.5, 0.6) is 17.2 Å². The number of fused-ring (bicyclic) bond motifs is 1. The predicted octanol–water partition coefficient (Wildman–Crippen LogP) is 3.12. The lowest BCUT2D eigenvalue weighted by molar-refractivity contribution is -0.394. The summed E-state index contributed by atoms with van der Waals surface area (Å²) in [7, 11) is 1.45. The van der Waals surface area contributed by atoms with Crippen LogP contribution in [0.4, 0.5) is 11.4 Å². The van der Waals surface area contributed by atoms with Gasteiger partial charge in [-0.25, -0.2) is 9.79 Å². The third-order valence-corrected chi connectivity index (χ3v) is 7.16. The Labute approximate surface area is 241 Å². The molecule has 0 unspecified atom stereocenters. The van der Waals surface area contributed by atoms with Crippen LogP contribution < -0.4 is 24.4 Å². The number of ether oxygens (including phenoxy) is 3. The number of aromatic nitrogens is 1. The largest absolute Gasteiger partial charge is 0.502 e. The molecule has 14 nitrogen and oxygen atoms in total. The number of nitro benzene ring substituents is 2. The number of phenolic OH excluding ortho intramolecular Hbond substituents is 1. The smallest absolute Gasteiger partial charge is 0.338 e. The highest BCUT2D eigenvalue weighted by molar-refractivity contribution is 7.07. The van der Waals surface area contributed by atoms with E-state index in [1.165, 1.54) is 11.7 Å². The standard InChI is InChI=1S/C27H26N4O10S/c1-6-40-26(34)22-14(4)28-27-29(23(22)15-7-8-19(41-13(2)3)20(10-15)39-5)25(33)21(42-27)11-16-9-17(30(35)36)12-18(24(16)32)31(37)38/h7-13,23,32H,6H2,1-5H3/b21-11-/t23-/m0/s1. The van der Waals surface area contributed by atoms with Crippen molar-refractivity contribution in [3.8, 4) is 17.2 Å². The molecule has 1 aliphatic rings. The maximum absolute atomic E-state index is 13.9. The summed E-state index contributed by atoms with van der Waals surface area (Å²) in [6.45, 7) is 7.01. The number of methoxy groups -OCH3 is 1. The minimum absolute atomic E-state index is 0.0477. The number of hydrogen-bond acceptors (Lipinski definition) is 12. The number of benzene rings is 2. The van der Waals surface area contributed by atoms with Crippen LogP contribution in [0.15, 0.2) is 51.4 Å². The van der Waals surface area contributed by atoms with E-state index in [9.17, 15) is 34.9 Å². The van der Waals surface area contributed by atoms with Crippen LogP contribution in [0, 0.1) is 20.2 Å². The van der Waals surface area contributed by atoms with E-state index in [4.69, 9.17) is 14.2 Å². The number of carbonyl (C=O) groups excluding carboxylic acids is 1. The molecule has 2 aromatic carbocycles. The zero-order valence-corrected chi connectivity index (χ0v) is 24.0. The van der Waals surface area contributed by atoms with Crippen molar-refractivity contribution >= 4 is 34.8 Å². The highest BCUT2D eigenvalue weighted by Crippen LogP contribution is 2.37. The van der Waals surface area contributed by atoms with Gasteiger partial charge >= 0.3 is 11.7 Å². The molecule has 1 atom stereocenters. The molecular formula is C27H26N4O10S. The number of hydrogen-bond donors (Lipinski definition) is 1. The third-order valence-electron chi connectivity index (χ3n) is 6.18. The molecule has 1 aromatic heterocycles. The highest BCUT2D eigenvalue weighted by Gasteiger charge is 2.34. The molecule has 0 radical (unpaired) electrons. The third kappa shape index (κ3) is 5.58. The van der Waals surface area contributed by atoms with Gasteiger partial charge in [-0.3, -0.25) is 29.6 Å². The second kappa shape index (κ2) is 11.8. The fourth-order valence-electron chi connectivity index (χ4n) is 4.43. The zero-order valence-electron chi connectivity index (χ0n) is 23.1. The SMILES string of the molecule is CCOC(=O)C1=C(C)N=c2s/c(=C\c3cc([N+](=O)[O-])cc([N+](=O)[O-])c3O)c(=O)n2[C@H]1c1ccc(OC(C)C)c(OC)c1. The van der Waals surface area contributed by atoms with Crippen LogP contribution in [-0.2, 0) is 9.53 Å². The second-order valence-electron chi connectivity index (χ2n) is 9.30. The van der Waals surface area contributed by atoms with E-state index in [1.807, 2.05) is 13.8 Å². The number of esters is 1. The lowest BCUT2D eigenvalue weighted by Gasteiger charge is -2.25. The summed E-state index contributed by atoms with van der Waals surface area (Å²) in [5.74, 6) is -0.729. The second-order valence-corrected chi connectivity index (χ2v) is 10.3. The van der Waals surface area contributed by atoms with Crippen LogP contribution >= 0.6 is 11.3 Å². The molecule has 0 saturated heterocycles. The Bertz CT molecular complexity index is 1820. The quantitative estimate of drug-likeness (QED) is 0.218. The number of non-ortho nitro benzene ring substituents is 1. The van der Waals surface area contributed by atoms with Gasteiger partial charge in [0.1, 0.15) is 0 Å². The van der Waals surface area contributed by atoms with E-state index in [0.717, 1.165) is 23.5 Å². The van der Waals surface area contributed by atoms with Gasteiger partial charge in [0.15, 0.2) is 16.3 Å². The van der Waals surface area contributed by atoms with Crippen molar-refractivity contribution in [3.05, 3.63) is 92.6 Å². The van der Waals surface area contributed by atoms with Gasteiger partial charge in [-0.05, 0) is 51.5 Å². The number of phenols is 1. The first kappa shape index (κ1) is 29.9. The molecule has 0 amide bonds. The van der Waals surface area contributed by atoms with Gasteiger partial charge in [0.05, 0.1) is 57.6 Å². The zero-order chi connectivity index (χ0) is 30.9. The molecule has 0 fully saturated rings. The van der Waals surface area contributed by atoms with Gasteiger partial charge in [-0.2, -0.15) is 0 Å². The monoisotopic (exact) mass is 598 g/mol. The number of thiazole rings is 1. The molecule has 0 bridgehead atoms. The van der Waals surface area contributed by atoms with Gasteiger partial charge < -0.3 is 19.3 Å². The molecule has 42 heavy (non-hydrogen) atoms. The van der Waals surface area contributed by atoms with Crippen molar-refractivity contribution in [1.29, 1.82) is 0 Å². The minimum atomic E-state index is -1.02. The van der Waals surface area contributed by atoms with E-state index in [1.54, 1.807) is 32.0 Å². The van der Waals surface area contributed by atoms with Gasteiger partial charge in [0.2, 0.25) is 5.75 Å². The Morgan fingerprint density at radius 3 is 2.50 bits per heavy atom. The molecule has 220 valence electrons. The molecule has 0 aliphatic carbocycles. The molecule has 0 spiro atoms. The van der Waals surface area contributed by atoms with Gasteiger partial charge in [0, 0.05) is 11.6 Å². The first-order valence-corrected chi connectivity index (χ1v) is 13.4. The summed E-state index contributed by atoms with van der Waals surface area (Å²) in [6, 6.07) is 5.50. The molecule has 4 rings (SSSR count). The van der Waals surface area contributed by atoms with Crippen LogP contribution in [0.25, 0.3) is 6.08 Å². The molecule has 1 aliphatic heterocycles. The van der Waals surface area contributed by atoms with Crippen LogP contribution in [-0.4, -0.2) is 45.3 Å². The van der Waals surface area contributed by atoms with Crippen LogP contribution in [0.3, 0.4) is 0 Å². The van der Waals surface area contributed by atoms with E-state index in [0.29, 0.717) is 28.8 Å². The number of aromatic hydroxyl groups is 1. The normalized spacial score (nSPS) is 14.8. The van der Waals surface area contributed by atoms with E-state index >= 15 is 0 Å². The fourth-order valence-corrected chi connectivity index (χ4v) is 5.47. The molecule has 3 aromatic rings. The molecule has 15 heteroatoms. The van der Waals surface area contributed by atoms with E-state index in [2.05, 4.69) is 4.99 Å². The Morgan fingerprint density at radius 2 is 1.90 bits per heavy atom.